The minimum atomic E-state index is -3.57. The van der Waals surface area contributed by atoms with Gasteiger partial charge in [-0.1, -0.05) is 36.8 Å². The van der Waals surface area contributed by atoms with Gasteiger partial charge in [-0.2, -0.15) is 4.31 Å². The van der Waals surface area contributed by atoms with Crippen molar-refractivity contribution in [2.45, 2.75) is 37.1 Å². The van der Waals surface area contributed by atoms with Gasteiger partial charge in [0, 0.05) is 18.2 Å². The van der Waals surface area contributed by atoms with Crippen LogP contribution in [0.3, 0.4) is 0 Å². The molecule has 0 aromatic heterocycles. The molecule has 3 aromatic rings. The molecule has 1 N–H and O–H groups in total. The van der Waals surface area contributed by atoms with Crippen LogP contribution in [0.1, 0.15) is 36.5 Å². The number of ether oxygens (including phenoxy) is 1. The van der Waals surface area contributed by atoms with Crippen LogP contribution in [0.4, 0.5) is 5.69 Å². The van der Waals surface area contributed by atoms with Crippen LogP contribution in [0.15, 0.2) is 83.8 Å². The number of nitrogens with zero attached hydrogens (tertiary/aromatic N) is 1. The molecule has 32 heavy (non-hydrogen) atoms. The highest BCUT2D eigenvalue weighted by Gasteiger charge is 2.30. The predicted molar refractivity (Wildman–Crippen MR) is 125 cm³/mol. The number of sulfonamides is 1. The summed E-state index contributed by atoms with van der Waals surface area (Å²) in [6.45, 7) is 2.47. The Kier molecular flexibility index (Phi) is 6.58. The second-order valence-corrected chi connectivity index (χ2v) is 9.74. The lowest BCUT2D eigenvalue weighted by Gasteiger charge is -2.32. The molecule has 0 spiro atoms. The van der Waals surface area contributed by atoms with Gasteiger partial charge in [0.1, 0.15) is 5.75 Å². The topological polar surface area (TPSA) is 75.7 Å². The number of para-hydroxylation sites is 3. The van der Waals surface area contributed by atoms with Gasteiger partial charge in [0.15, 0.2) is 5.75 Å². The molecule has 0 aliphatic carbocycles. The number of hydrogen-bond donors (Lipinski definition) is 1. The number of amides is 1. The number of piperidine rings is 1. The number of nitrogens with one attached hydrogen (secondary N) is 1. The van der Waals surface area contributed by atoms with Crippen LogP contribution in [0.25, 0.3) is 0 Å². The van der Waals surface area contributed by atoms with E-state index in [9.17, 15) is 13.2 Å². The minimum Gasteiger partial charge on any atom is -0.455 e. The first-order chi connectivity index (χ1) is 15.4. The van der Waals surface area contributed by atoms with E-state index in [0.29, 0.717) is 29.3 Å². The molecule has 0 unspecified atom stereocenters. The quantitative estimate of drug-likeness (QED) is 0.553. The van der Waals surface area contributed by atoms with E-state index < -0.39 is 10.0 Å². The summed E-state index contributed by atoms with van der Waals surface area (Å²) in [6, 6.07) is 22.5. The smallest absolute Gasteiger partial charge is 0.255 e. The second-order valence-electron chi connectivity index (χ2n) is 7.85. The number of carbonyl (C=O) groups is 1. The minimum absolute atomic E-state index is 0.0159. The molecule has 1 amide bonds. The number of hydrogen-bond acceptors (Lipinski definition) is 4. The van der Waals surface area contributed by atoms with Crippen LogP contribution in [0.2, 0.25) is 0 Å². The van der Waals surface area contributed by atoms with Gasteiger partial charge in [-0.25, -0.2) is 8.42 Å². The SMILES string of the molecule is C[C@H]1CCCCN1S(=O)(=O)c1ccc(C(=O)Nc2ccccc2Oc2ccccc2)cc1. The third kappa shape index (κ3) is 4.84. The average molecular weight is 451 g/mol. The molecule has 1 saturated heterocycles. The van der Waals surface area contributed by atoms with E-state index in [-0.39, 0.29) is 16.8 Å². The van der Waals surface area contributed by atoms with Crippen LogP contribution in [-0.2, 0) is 10.0 Å². The first kappa shape index (κ1) is 22.0. The van der Waals surface area contributed by atoms with Gasteiger partial charge in [-0.3, -0.25) is 4.79 Å². The van der Waals surface area contributed by atoms with Crippen molar-refractivity contribution in [3.8, 4) is 11.5 Å². The number of benzene rings is 3. The summed E-state index contributed by atoms with van der Waals surface area (Å²) in [7, 11) is -3.57. The summed E-state index contributed by atoms with van der Waals surface area (Å²) in [5.41, 5.74) is 0.894. The molecule has 0 bridgehead atoms. The monoisotopic (exact) mass is 450 g/mol. The van der Waals surface area contributed by atoms with Gasteiger partial charge >= 0.3 is 0 Å². The van der Waals surface area contributed by atoms with Crippen molar-refractivity contribution in [1.82, 2.24) is 4.31 Å². The fourth-order valence-electron chi connectivity index (χ4n) is 3.81. The van der Waals surface area contributed by atoms with Crippen molar-refractivity contribution in [1.29, 1.82) is 0 Å². The largest absolute Gasteiger partial charge is 0.455 e. The van der Waals surface area contributed by atoms with Crippen molar-refractivity contribution in [3.63, 3.8) is 0 Å². The van der Waals surface area contributed by atoms with E-state index in [0.717, 1.165) is 19.3 Å². The molecular weight excluding hydrogens is 424 g/mol. The molecule has 3 aromatic carbocycles. The number of rotatable bonds is 6. The first-order valence-electron chi connectivity index (χ1n) is 10.7. The number of anilines is 1. The lowest BCUT2D eigenvalue weighted by molar-refractivity contribution is 0.102. The predicted octanol–water partition coefficient (Wildman–Crippen LogP) is 5.29. The Morgan fingerprint density at radius 2 is 1.62 bits per heavy atom. The lowest BCUT2D eigenvalue weighted by atomic mass is 10.1. The van der Waals surface area contributed by atoms with Crippen molar-refractivity contribution in [2.75, 3.05) is 11.9 Å². The Morgan fingerprint density at radius 1 is 0.938 bits per heavy atom. The second kappa shape index (κ2) is 9.54. The molecule has 1 heterocycles. The Labute approximate surface area is 188 Å². The van der Waals surface area contributed by atoms with Crippen molar-refractivity contribution in [3.05, 3.63) is 84.4 Å². The van der Waals surface area contributed by atoms with Gasteiger partial charge in [0.25, 0.3) is 5.91 Å². The van der Waals surface area contributed by atoms with Gasteiger partial charge in [-0.05, 0) is 68.3 Å². The standard InChI is InChI=1S/C25H26N2O4S/c1-19-9-7-8-18-27(19)32(29,30)22-16-14-20(15-17-22)25(28)26-23-12-5-6-13-24(23)31-21-10-3-2-4-11-21/h2-6,10-17,19H,7-9,18H2,1H3,(H,26,28)/t19-/m0/s1. The summed E-state index contributed by atoms with van der Waals surface area (Å²) in [4.78, 5) is 13.0. The van der Waals surface area contributed by atoms with Gasteiger partial charge < -0.3 is 10.1 Å². The van der Waals surface area contributed by atoms with Crippen LogP contribution >= 0.6 is 0 Å². The van der Waals surface area contributed by atoms with Crippen LogP contribution in [0, 0.1) is 0 Å². The van der Waals surface area contributed by atoms with E-state index in [2.05, 4.69) is 5.32 Å². The van der Waals surface area contributed by atoms with E-state index in [1.807, 2.05) is 49.4 Å². The highest BCUT2D eigenvalue weighted by atomic mass is 32.2. The van der Waals surface area contributed by atoms with Crippen molar-refractivity contribution in [2.24, 2.45) is 0 Å². The van der Waals surface area contributed by atoms with Crippen molar-refractivity contribution < 1.29 is 17.9 Å². The normalized spacial score (nSPS) is 17.0. The van der Waals surface area contributed by atoms with E-state index in [4.69, 9.17) is 4.74 Å². The van der Waals surface area contributed by atoms with E-state index >= 15 is 0 Å². The molecule has 6 nitrogen and oxygen atoms in total. The lowest BCUT2D eigenvalue weighted by Crippen LogP contribution is -2.41. The van der Waals surface area contributed by atoms with Gasteiger partial charge in [0.05, 0.1) is 10.6 Å². The maximum atomic E-state index is 13.0. The fourth-order valence-corrected chi connectivity index (χ4v) is 5.51. The Hall–Kier alpha value is -3.16. The molecule has 0 saturated carbocycles. The maximum Gasteiger partial charge on any atom is 0.255 e. The molecule has 7 heteroatoms. The summed E-state index contributed by atoms with van der Waals surface area (Å²) in [6.07, 6.45) is 2.78. The molecular formula is C25H26N2O4S. The Bertz CT molecular complexity index is 1180. The zero-order chi connectivity index (χ0) is 22.6. The Balaban J connectivity index is 1.49. The summed E-state index contributed by atoms with van der Waals surface area (Å²) >= 11 is 0. The fraction of sp³-hybridized carbons (Fsp3) is 0.240. The van der Waals surface area contributed by atoms with Crippen LogP contribution < -0.4 is 10.1 Å². The van der Waals surface area contributed by atoms with Gasteiger partial charge in [0.2, 0.25) is 10.0 Å². The maximum absolute atomic E-state index is 13.0. The highest BCUT2D eigenvalue weighted by Crippen LogP contribution is 2.30. The summed E-state index contributed by atoms with van der Waals surface area (Å²) in [5, 5.41) is 2.85. The van der Waals surface area contributed by atoms with E-state index in [1.54, 1.807) is 16.4 Å². The molecule has 1 atom stereocenters. The Morgan fingerprint density at radius 3 is 2.34 bits per heavy atom. The third-order valence-electron chi connectivity index (χ3n) is 5.57. The number of carbonyl (C=O) groups excluding carboxylic acids is 1. The van der Waals surface area contributed by atoms with Crippen LogP contribution in [-0.4, -0.2) is 31.2 Å². The molecule has 1 aliphatic rings. The van der Waals surface area contributed by atoms with E-state index in [1.165, 1.54) is 24.3 Å². The summed E-state index contributed by atoms with van der Waals surface area (Å²) in [5.74, 6) is 0.838. The third-order valence-corrected chi connectivity index (χ3v) is 7.60. The average Bonchev–Trinajstić information content (AvgIpc) is 2.81. The zero-order valence-electron chi connectivity index (χ0n) is 17.9. The van der Waals surface area contributed by atoms with Crippen LogP contribution in [0.5, 0.6) is 11.5 Å². The molecule has 1 fully saturated rings. The molecule has 166 valence electrons. The molecule has 0 radical (unpaired) electrons. The van der Waals surface area contributed by atoms with Gasteiger partial charge in [-0.15, -0.1) is 0 Å². The van der Waals surface area contributed by atoms with Crippen molar-refractivity contribution >= 4 is 21.6 Å². The zero-order valence-corrected chi connectivity index (χ0v) is 18.7. The molecule has 4 rings (SSSR count). The highest BCUT2D eigenvalue weighted by molar-refractivity contribution is 7.89. The molecule has 1 aliphatic heterocycles. The first-order valence-corrected chi connectivity index (χ1v) is 12.1. The summed E-state index contributed by atoms with van der Waals surface area (Å²) < 4.78 is 33.4.